The van der Waals surface area contributed by atoms with Crippen molar-refractivity contribution >= 4 is 23.5 Å². The molecule has 0 bridgehead atoms. The molecule has 0 aromatic carbocycles. The molecular weight excluding hydrogens is 236 g/mol. The quantitative estimate of drug-likeness (QED) is 0.699. The van der Waals surface area contributed by atoms with E-state index in [2.05, 4.69) is 48.0 Å². The van der Waals surface area contributed by atoms with Crippen LogP contribution < -0.4 is 0 Å². The fourth-order valence-corrected chi connectivity index (χ4v) is 2.82. The normalized spacial score (nSPS) is 17.6. The average molecular weight is 256 g/mol. The van der Waals surface area contributed by atoms with E-state index in [1.165, 1.54) is 0 Å². The zero-order valence-corrected chi connectivity index (χ0v) is 12.5. The lowest BCUT2D eigenvalue weighted by molar-refractivity contribution is 0.367. The van der Waals surface area contributed by atoms with Crippen LogP contribution in [-0.4, -0.2) is 9.49 Å². The monoisotopic (exact) mass is 256 g/mol. The Balaban J connectivity index is 2.54. The van der Waals surface area contributed by atoms with Crippen LogP contribution in [0.3, 0.4) is 0 Å². The third kappa shape index (κ3) is 5.90. The van der Waals surface area contributed by atoms with E-state index in [0.29, 0.717) is 0 Å². The molecule has 0 aromatic rings. The SMILES string of the molecule is CC(C)(C)SC1=C[C]C=C(SC(C)(C)C)O1. The molecule has 0 aromatic heterocycles. The summed E-state index contributed by atoms with van der Waals surface area (Å²) >= 11 is 3.46. The molecule has 0 unspecified atom stereocenters. The summed E-state index contributed by atoms with van der Waals surface area (Å²) in [6.07, 6.45) is 6.95. The molecule has 1 aliphatic rings. The predicted octanol–water partition coefficient (Wildman–Crippen LogP) is 4.84. The Morgan fingerprint density at radius 2 is 1.25 bits per heavy atom. The molecule has 0 aliphatic carbocycles. The van der Waals surface area contributed by atoms with E-state index in [1.807, 2.05) is 12.2 Å². The number of hydrogen-bond acceptors (Lipinski definition) is 3. The van der Waals surface area contributed by atoms with Gasteiger partial charge in [-0.2, -0.15) is 0 Å². The highest BCUT2D eigenvalue weighted by Crippen LogP contribution is 2.40. The molecule has 16 heavy (non-hydrogen) atoms. The Labute approximate surface area is 108 Å². The first-order valence-electron chi connectivity index (χ1n) is 5.38. The van der Waals surface area contributed by atoms with Crippen LogP contribution in [0.4, 0.5) is 0 Å². The summed E-state index contributed by atoms with van der Waals surface area (Å²) in [5.41, 5.74) is 0. The van der Waals surface area contributed by atoms with E-state index in [9.17, 15) is 0 Å². The van der Waals surface area contributed by atoms with Crippen LogP contribution in [-0.2, 0) is 4.74 Å². The molecule has 0 N–H and O–H groups in total. The van der Waals surface area contributed by atoms with Crippen LogP contribution in [0.2, 0.25) is 0 Å². The van der Waals surface area contributed by atoms with E-state index in [4.69, 9.17) is 4.74 Å². The highest BCUT2D eigenvalue weighted by atomic mass is 32.2. The standard InChI is InChI=1S/C13H20OS2/c1-12(2,3)15-10-8-7-9-11(14-10)16-13(4,5)6/h8-9H,1-6H3. The van der Waals surface area contributed by atoms with Gasteiger partial charge < -0.3 is 4.74 Å². The summed E-state index contributed by atoms with van der Waals surface area (Å²) < 4.78 is 6.16. The molecular formula is C13H20OS2. The fraction of sp³-hybridized carbons (Fsp3) is 0.615. The maximum Gasteiger partial charge on any atom is 0.159 e. The van der Waals surface area contributed by atoms with E-state index in [-0.39, 0.29) is 9.49 Å². The number of allylic oxidation sites excluding steroid dienone is 2. The molecule has 0 spiro atoms. The Morgan fingerprint density at radius 3 is 1.56 bits per heavy atom. The smallest absolute Gasteiger partial charge is 0.159 e. The second kappa shape index (κ2) is 5.09. The molecule has 90 valence electrons. The lowest BCUT2D eigenvalue weighted by Gasteiger charge is -2.25. The van der Waals surface area contributed by atoms with E-state index in [1.54, 1.807) is 23.5 Å². The first kappa shape index (κ1) is 14.0. The second-order valence-corrected chi connectivity index (χ2v) is 9.29. The third-order valence-electron chi connectivity index (χ3n) is 1.42. The third-order valence-corrected chi connectivity index (χ3v) is 3.45. The van der Waals surface area contributed by atoms with E-state index >= 15 is 0 Å². The zero-order chi connectivity index (χ0) is 12.4. The average Bonchev–Trinajstić information content (AvgIpc) is 1.96. The maximum atomic E-state index is 5.82. The number of thioether (sulfide) groups is 2. The molecule has 0 amide bonds. The van der Waals surface area contributed by atoms with Crippen molar-refractivity contribution in [2.75, 3.05) is 0 Å². The van der Waals surface area contributed by atoms with Crippen molar-refractivity contribution in [1.82, 2.24) is 0 Å². The fourth-order valence-electron chi connectivity index (χ4n) is 1.04. The molecule has 1 heterocycles. The van der Waals surface area contributed by atoms with Crippen molar-refractivity contribution in [3.05, 3.63) is 28.8 Å². The molecule has 1 rings (SSSR count). The van der Waals surface area contributed by atoms with Gasteiger partial charge in [0, 0.05) is 15.9 Å². The Bertz CT molecular complexity index is 273. The molecule has 1 nitrogen and oxygen atoms in total. The molecule has 2 radical (unpaired) electrons. The van der Waals surface area contributed by atoms with Crippen molar-refractivity contribution in [2.45, 2.75) is 51.0 Å². The minimum Gasteiger partial charge on any atom is -0.444 e. The summed E-state index contributed by atoms with van der Waals surface area (Å²) in [4.78, 5) is 0. The van der Waals surface area contributed by atoms with Gasteiger partial charge in [0.25, 0.3) is 0 Å². The van der Waals surface area contributed by atoms with Gasteiger partial charge in [0.05, 0.1) is 0 Å². The van der Waals surface area contributed by atoms with Crippen LogP contribution in [0.5, 0.6) is 0 Å². The Hall–Kier alpha value is -0.0200. The van der Waals surface area contributed by atoms with Crippen LogP contribution in [0.15, 0.2) is 22.3 Å². The van der Waals surface area contributed by atoms with Gasteiger partial charge in [0.2, 0.25) is 0 Å². The van der Waals surface area contributed by atoms with Crippen LogP contribution in [0.25, 0.3) is 0 Å². The molecule has 0 saturated heterocycles. The highest BCUT2D eigenvalue weighted by Gasteiger charge is 2.21. The maximum absolute atomic E-state index is 5.82. The van der Waals surface area contributed by atoms with Gasteiger partial charge in [-0.25, -0.2) is 0 Å². The van der Waals surface area contributed by atoms with Crippen molar-refractivity contribution in [3.63, 3.8) is 0 Å². The lowest BCUT2D eigenvalue weighted by atomic mass is 10.3. The van der Waals surface area contributed by atoms with Crippen molar-refractivity contribution in [3.8, 4) is 0 Å². The van der Waals surface area contributed by atoms with Crippen molar-refractivity contribution < 1.29 is 4.74 Å². The van der Waals surface area contributed by atoms with Crippen LogP contribution in [0, 0.1) is 6.42 Å². The first-order valence-corrected chi connectivity index (χ1v) is 7.01. The molecule has 1 aliphatic heterocycles. The molecule has 0 atom stereocenters. The van der Waals surface area contributed by atoms with Crippen molar-refractivity contribution in [2.24, 2.45) is 0 Å². The van der Waals surface area contributed by atoms with Gasteiger partial charge >= 0.3 is 0 Å². The lowest BCUT2D eigenvalue weighted by Crippen LogP contribution is -2.12. The number of hydrogen-bond donors (Lipinski definition) is 0. The summed E-state index contributed by atoms with van der Waals surface area (Å²) in [5.74, 6) is 0. The van der Waals surface area contributed by atoms with Gasteiger partial charge in [-0.05, 0) is 12.2 Å². The van der Waals surface area contributed by atoms with Gasteiger partial charge in [-0.15, -0.1) is 0 Å². The topological polar surface area (TPSA) is 9.23 Å². The highest BCUT2D eigenvalue weighted by molar-refractivity contribution is 8.05. The molecule has 0 saturated carbocycles. The number of rotatable bonds is 2. The number of ether oxygens (including phenoxy) is 1. The second-order valence-electron chi connectivity index (χ2n) is 5.62. The molecule has 3 heteroatoms. The first-order chi connectivity index (χ1) is 7.16. The largest absolute Gasteiger partial charge is 0.444 e. The summed E-state index contributed by atoms with van der Waals surface area (Å²) in [6, 6.07) is 0. The summed E-state index contributed by atoms with van der Waals surface area (Å²) in [5, 5.41) is 1.86. The van der Waals surface area contributed by atoms with Gasteiger partial charge in [0.1, 0.15) is 0 Å². The minimum absolute atomic E-state index is 0.169. The Kier molecular flexibility index (Phi) is 4.47. The van der Waals surface area contributed by atoms with Gasteiger partial charge in [0.15, 0.2) is 10.2 Å². The van der Waals surface area contributed by atoms with Crippen LogP contribution in [0.1, 0.15) is 41.5 Å². The predicted molar refractivity (Wildman–Crippen MR) is 75.2 cm³/mol. The van der Waals surface area contributed by atoms with Crippen LogP contribution >= 0.6 is 23.5 Å². The summed E-state index contributed by atoms with van der Waals surface area (Å²) in [7, 11) is 0. The van der Waals surface area contributed by atoms with E-state index in [0.717, 1.165) is 10.2 Å². The molecule has 0 fully saturated rings. The van der Waals surface area contributed by atoms with Gasteiger partial charge in [-0.3, -0.25) is 0 Å². The van der Waals surface area contributed by atoms with Gasteiger partial charge in [-0.1, -0.05) is 65.1 Å². The van der Waals surface area contributed by atoms with E-state index < -0.39 is 0 Å². The summed E-state index contributed by atoms with van der Waals surface area (Å²) in [6.45, 7) is 13.1. The Morgan fingerprint density at radius 1 is 0.875 bits per heavy atom. The zero-order valence-electron chi connectivity index (χ0n) is 10.9. The minimum atomic E-state index is 0.169. The van der Waals surface area contributed by atoms with Crippen molar-refractivity contribution in [1.29, 1.82) is 0 Å².